The molecule has 0 aliphatic rings. The number of nitrogens with zero attached hydrogens (tertiary/aromatic N) is 1. The number of benzene rings is 2. The molecule has 0 spiro atoms. The summed E-state index contributed by atoms with van der Waals surface area (Å²) in [5.74, 6) is -0.500. The smallest absolute Gasteiger partial charge is 0.232 e. The van der Waals surface area contributed by atoms with Crippen molar-refractivity contribution >= 4 is 21.6 Å². The Hall–Kier alpha value is -2.41. The third-order valence-corrected chi connectivity index (χ3v) is 5.60. The van der Waals surface area contributed by atoms with Crippen LogP contribution in [-0.2, 0) is 14.8 Å². The first-order chi connectivity index (χ1) is 13.1. The summed E-state index contributed by atoms with van der Waals surface area (Å²) in [6, 6.07) is 11.3. The van der Waals surface area contributed by atoms with E-state index in [2.05, 4.69) is 5.32 Å². The molecule has 2 aromatic carbocycles. The van der Waals surface area contributed by atoms with E-state index in [9.17, 15) is 17.6 Å². The van der Waals surface area contributed by atoms with E-state index < -0.39 is 10.0 Å². The second-order valence-corrected chi connectivity index (χ2v) is 9.03. The van der Waals surface area contributed by atoms with Crippen molar-refractivity contribution in [3.05, 3.63) is 65.0 Å². The fourth-order valence-electron chi connectivity index (χ4n) is 3.11. The van der Waals surface area contributed by atoms with Gasteiger partial charge in [-0.05, 0) is 68.1 Å². The molecule has 2 rings (SSSR count). The van der Waals surface area contributed by atoms with Gasteiger partial charge in [-0.25, -0.2) is 12.8 Å². The van der Waals surface area contributed by atoms with E-state index in [0.29, 0.717) is 12.1 Å². The van der Waals surface area contributed by atoms with Gasteiger partial charge in [-0.3, -0.25) is 9.10 Å². The first-order valence-electron chi connectivity index (χ1n) is 9.17. The summed E-state index contributed by atoms with van der Waals surface area (Å²) in [4.78, 5) is 12.2. The summed E-state index contributed by atoms with van der Waals surface area (Å²) in [6.07, 6.45) is 1.76. The summed E-state index contributed by atoms with van der Waals surface area (Å²) in [6.45, 7) is 5.88. The molecule has 152 valence electrons. The molecule has 0 fully saturated rings. The minimum absolute atomic E-state index is 0.175. The maximum absolute atomic E-state index is 13.0. The van der Waals surface area contributed by atoms with E-state index in [1.54, 1.807) is 12.1 Å². The lowest BCUT2D eigenvalue weighted by Gasteiger charge is -2.23. The molecule has 2 aromatic rings. The number of rotatable bonds is 8. The molecular weight excluding hydrogens is 379 g/mol. The van der Waals surface area contributed by atoms with Gasteiger partial charge in [0, 0.05) is 13.0 Å². The van der Waals surface area contributed by atoms with Crippen LogP contribution >= 0.6 is 0 Å². The molecule has 0 aliphatic carbocycles. The van der Waals surface area contributed by atoms with Crippen molar-refractivity contribution in [3.8, 4) is 0 Å². The van der Waals surface area contributed by atoms with Gasteiger partial charge in [-0.1, -0.05) is 18.2 Å². The van der Waals surface area contributed by atoms with E-state index in [4.69, 9.17) is 0 Å². The molecule has 0 aliphatic heterocycles. The molecule has 5 nitrogen and oxygen atoms in total. The van der Waals surface area contributed by atoms with E-state index in [0.717, 1.165) is 16.7 Å². The number of sulfonamides is 1. The summed E-state index contributed by atoms with van der Waals surface area (Å²) in [7, 11) is -3.45. The average molecular weight is 407 g/mol. The van der Waals surface area contributed by atoms with Crippen molar-refractivity contribution in [1.82, 2.24) is 5.32 Å². The maximum atomic E-state index is 13.0. The molecule has 0 aromatic heterocycles. The lowest BCUT2D eigenvalue weighted by molar-refractivity contribution is -0.121. The normalized spacial score (nSPS) is 12.5. The van der Waals surface area contributed by atoms with Crippen LogP contribution in [0.15, 0.2) is 42.5 Å². The quantitative estimate of drug-likeness (QED) is 0.724. The summed E-state index contributed by atoms with van der Waals surface area (Å²) >= 11 is 0. The Morgan fingerprint density at radius 3 is 2.21 bits per heavy atom. The maximum Gasteiger partial charge on any atom is 0.232 e. The Morgan fingerprint density at radius 1 is 1.11 bits per heavy atom. The summed E-state index contributed by atoms with van der Waals surface area (Å²) in [5.41, 5.74) is 3.38. The highest BCUT2D eigenvalue weighted by Gasteiger charge is 2.18. The Morgan fingerprint density at radius 2 is 1.68 bits per heavy atom. The van der Waals surface area contributed by atoms with Crippen LogP contribution in [0.25, 0.3) is 0 Å². The van der Waals surface area contributed by atoms with E-state index in [1.807, 2.05) is 39.0 Å². The largest absolute Gasteiger partial charge is 0.350 e. The van der Waals surface area contributed by atoms with Crippen LogP contribution in [-0.4, -0.2) is 27.1 Å². The van der Waals surface area contributed by atoms with Crippen molar-refractivity contribution < 1.29 is 17.6 Å². The van der Waals surface area contributed by atoms with E-state index in [-0.39, 0.29) is 30.7 Å². The molecule has 0 saturated carbocycles. The highest BCUT2D eigenvalue weighted by Crippen LogP contribution is 2.22. The molecular formula is C21H27FN2O3S. The number of aryl methyl sites for hydroxylation is 2. The molecule has 0 radical (unpaired) electrons. The third kappa shape index (κ3) is 6.34. The molecule has 28 heavy (non-hydrogen) atoms. The highest BCUT2D eigenvalue weighted by molar-refractivity contribution is 7.92. The lowest BCUT2D eigenvalue weighted by Crippen LogP contribution is -2.32. The molecule has 1 atom stereocenters. The topological polar surface area (TPSA) is 66.5 Å². The van der Waals surface area contributed by atoms with Gasteiger partial charge in [-0.15, -0.1) is 0 Å². The van der Waals surface area contributed by atoms with Gasteiger partial charge < -0.3 is 5.32 Å². The predicted molar refractivity (Wildman–Crippen MR) is 110 cm³/mol. The van der Waals surface area contributed by atoms with Crippen LogP contribution < -0.4 is 9.62 Å². The Labute approximate surface area is 166 Å². The standard InChI is InChI=1S/C21H27FN2O3S/c1-15-12-16(2)14-20(13-15)24(28(4,26)27)11-5-6-21(25)23-17(3)18-7-9-19(22)10-8-18/h7-10,12-14,17H,5-6,11H2,1-4H3,(H,23,25)/t17-/m0/s1. The lowest BCUT2D eigenvalue weighted by atomic mass is 10.1. The highest BCUT2D eigenvalue weighted by atomic mass is 32.2. The van der Waals surface area contributed by atoms with Crippen molar-refractivity contribution in [2.75, 3.05) is 17.1 Å². The second kappa shape index (κ2) is 9.19. The SMILES string of the molecule is Cc1cc(C)cc(N(CCCC(=O)N[C@@H](C)c2ccc(F)cc2)S(C)(=O)=O)c1. The van der Waals surface area contributed by atoms with Gasteiger partial charge in [0.25, 0.3) is 0 Å². The van der Waals surface area contributed by atoms with Crippen molar-refractivity contribution in [1.29, 1.82) is 0 Å². The van der Waals surface area contributed by atoms with Crippen molar-refractivity contribution in [2.45, 2.75) is 39.7 Å². The van der Waals surface area contributed by atoms with Crippen molar-refractivity contribution in [2.24, 2.45) is 0 Å². The van der Waals surface area contributed by atoms with Gasteiger partial charge in [0.15, 0.2) is 0 Å². The van der Waals surface area contributed by atoms with E-state index >= 15 is 0 Å². The third-order valence-electron chi connectivity index (χ3n) is 4.41. The first kappa shape index (κ1) is 21.9. The number of nitrogens with one attached hydrogen (secondary N) is 1. The molecule has 0 saturated heterocycles. The average Bonchev–Trinajstić information content (AvgIpc) is 2.57. The molecule has 7 heteroatoms. The number of anilines is 1. The second-order valence-electron chi connectivity index (χ2n) is 7.13. The van der Waals surface area contributed by atoms with Crippen LogP contribution in [0, 0.1) is 19.7 Å². The molecule has 1 amide bonds. The van der Waals surface area contributed by atoms with Gasteiger partial charge in [0.05, 0.1) is 18.0 Å². The molecule has 0 heterocycles. The number of carbonyl (C=O) groups is 1. The monoisotopic (exact) mass is 406 g/mol. The predicted octanol–water partition coefficient (Wildman–Crippen LogP) is 3.87. The first-order valence-corrected chi connectivity index (χ1v) is 11.0. The number of amides is 1. The fraction of sp³-hybridized carbons (Fsp3) is 0.381. The summed E-state index contributed by atoms with van der Waals surface area (Å²) < 4.78 is 38.8. The number of hydrogen-bond donors (Lipinski definition) is 1. The Balaban J connectivity index is 1.96. The number of carbonyl (C=O) groups excluding carboxylic acids is 1. The minimum atomic E-state index is -3.45. The van der Waals surface area contributed by atoms with Crippen LogP contribution in [0.2, 0.25) is 0 Å². The number of halogens is 1. The van der Waals surface area contributed by atoms with Crippen LogP contribution in [0.1, 0.15) is 42.5 Å². The van der Waals surface area contributed by atoms with Crippen LogP contribution in [0.3, 0.4) is 0 Å². The fourth-order valence-corrected chi connectivity index (χ4v) is 4.06. The minimum Gasteiger partial charge on any atom is -0.350 e. The zero-order valence-corrected chi connectivity index (χ0v) is 17.5. The Kier molecular flexibility index (Phi) is 7.18. The van der Waals surface area contributed by atoms with Crippen LogP contribution in [0.4, 0.5) is 10.1 Å². The zero-order valence-electron chi connectivity index (χ0n) is 16.7. The number of hydrogen-bond acceptors (Lipinski definition) is 3. The van der Waals surface area contributed by atoms with Crippen LogP contribution in [0.5, 0.6) is 0 Å². The van der Waals surface area contributed by atoms with E-state index in [1.165, 1.54) is 22.7 Å². The molecule has 0 bridgehead atoms. The van der Waals surface area contributed by atoms with Gasteiger partial charge in [-0.2, -0.15) is 0 Å². The summed E-state index contributed by atoms with van der Waals surface area (Å²) in [5, 5.41) is 2.86. The zero-order chi connectivity index (χ0) is 20.9. The van der Waals surface area contributed by atoms with Gasteiger partial charge in [0.2, 0.25) is 15.9 Å². The molecule has 1 N–H and O–H groups in total. The van der Waals surface area contributed by atoms with Gasteiger partial charge >= 0.3 is 0 Å². The van der Waals surface area contributed by atoms with Gasteiger partial charge in [0.1, 0.15) is 5.82 Å². The molecule has 0 unspecified atom stereocenters. The van der Waals surface area contributed by atoms with Crippen molar-refractivity contribution in [3.63, 3.8) is 0 Å². The Bertz CT molecular complexity index is 907.